The Hall–Kier alpha value is -1.07. The van der Waals surface area contributed by atoms with Crippen LogP contribution in [0, 0.1) is 5.92 Å². The summed E-state index contributed by atoms with van der Waals surface area (Å²) in [4.78, 5) is 14.8. The molecule has 2 unspecified atom stereocenters. The number of fused-ring (bicyclic) bond motifs is 2. The summed E-state index contributed by atoms with van der Waals surface area (Å²) >= 11 is 3.41. The lowest BCUT2D eigenvalue weighted by Gasteiger charge is -2.36. The number of nitrogens with zero attached hydrogens (tertiary/aromatic N) is 1. The molecule has 0 spiro atoms. The van der Waals surface area contributed by atoms with E-state index in [2.05, 4.69) is 33.2 Å². The van der Waals surface area contributed by atoms with Gasteiger partial charge in [0, 0.05) is 28.8 Å². The zero-order valence-corrected chi connectivity index (χ0v) is 13.9. The van der Waals surface area contributed by atoms with Gasteiger partial charge in [0.1, 0.15) is 0 Å². The van der Waals surface area contributed by atoms with Gasteiger partial charge in [-0.15, -0.1) is 0 Å². The maximum atomic E-state index is 12.3. The summed E-state index contributed by atoms with van der Waals surface area (Å²) in [6.45, 7) is 0.765. The van der Waals surface area contributed by atoms with Crippen molar-refractivity contribution in [1.82, 2.24) is 10.2 Å². The van der Waals surface area contributed by atoms with Crippen molar-refractivity contribution in [2.24, 2.45) is 5.92 Å². The molecule has 5 heteroatoms. The van der Waals surface area contributed by atoms with Crippen LogP contribution in [0.15, 0.2) is 22.7 Å². The van der Waals surface area contributed by atoms with Crippen molar-refractivity contribution in [2.75, 3.05) is 19.3 Å². The van der Waals surface area contributed by atoms with E-state index >= 15 is 0 Å². The number of carbonyl (C=O) groups is 1. The molecular weight excluding hydrogens is 330 g/mol. The highest BCUT2D eigenvalue weighted by atomic mass is 79.9. The first-order valence-electron chi connectivity index (χ1n) is 7.59. The topological polar surface area (TPSA) is 58.4 Å². The zero-order valence-electron chi connectivity index (χ0n) is 12.3. The number of carbonyl (C=O) groups excluding carboxylic acids is 1. The third-order valence-electron chi connectivity index (χ3n) is 4.98. The number of anilines is 1. The maximum absolute atomic E-state index is 12.3. The first kappa shape index (κ1) is 14.9. The summed E-state index contributed by atoms with van der Waals surface area (Å²) in [5.41, 5.74) is 6.99. The lowest BCUT2D eigenvalue weighted by atomic mass is 9.91. The molecule has 2 atom stereocenters. The number of halogens is 1. The SMILES string of the molecule is CN1C2CCC1CC(CNC(=O)c1cc(N)ccc1Br)C2. The molecular formula is C16H22BrN3O. The molecule has 4 nitrogen and oxygen atoms in total. The van der Waals surface area contributed by atoms with Gasteiger partial charge in [-0.05, 0) is 72.8 Å². The molecule has 3 N–H and O–H groups in total. The second-order valence-electron chi connectivity index (χ2n) is 6.34. The molecule has 0 radical (unpaired) electrons. The fourth-order valence-corrected chi connectivity index (χ4v) is 4.17. The number of rotatable bonds is 3. The Kier molecular flexibility index (Phi) is 4.22. The molecule has 1 aromatic rings. The second kappa shape index (κ2) is 5.97. The average molecular weight is 352 g/mol. The van der Waals surface area contributed by atoms with Gasteiger partial charge in [0.15, 0.2) is 0 Å². The molecule has 21 heavy (non-hydrogen) atoms. The van der Waals surface area contributed by atoms with Gasteiger partial charge in [-0.25, -0.2) is 0 Å². The second-order valence-corrected chi connectivity index (χ2v) is 7.19. The maximum Gasteiger partial charge on any atom is 0.252 e. The zero-order chi connectivity index (χ0) is 15.0. The molecule has 0 aliphatic carbocycles. The number of nitrogens with two attached hydrogens (primary N) is 1. The van der Waals surface area contributed by atoms with Gasteiger partial charge in [0.2, 0.25) is 0 Å². The minimum atomic E-state index is -0.0412. The van der Waals surface area contributed by atoms with Crippen LogP contribution in [0.2, 0.25) is 0 Å². The van der Waals surface area contributed by atoms with Gasteiger partial charge in [-0.2, -0.15) is 0 Å². The summed E-state index contributed by atoms with van der Waals surface area (Å²) < 4.78 is 0.789. The van der Waals surface area contributed by atoms with E-state index in [-0.39, 0.29) is 5.91 Å². The van der Waals surface area contributed by atoms with Crippen LogP contribution in [0.1, 0.15) is 36.0 Å². The average Bonchev–Trinajstić information content (AvgIpc) is 2.69. The molecule has 2 heterocycles. The largest absolute Gasteiger partial charge is 0.399 e. The van der Waals surface area contributed by atoms with E-state index in [1.807, 2.05) is 6.07 Å². The molecule has 0 aromatic heterocycles. The van der Waals surface area contributed by atoms with Gasteiger partial charge in [0.05, 0.1) is 5.56 Å². The van der Waals surface area contributed by atoms with E-state index in [1.54, 1.807) is 12.1 Å². The molecule has 2 saturated heterocycles. The third kappa shape index (κ3) is 3.09. The van der Waals surface area contributed by atoms with Crippen LogP contribution in [-0.4, -0.2) is 36.5 Å². The normalized spacial score (nSPS) is 28.6. The van der Waals surface area contributed by atoms with Gasteiger partial charge in [-0.3, -0.25) is 4.79 Å². The van der Waals surface area contributed by atoms with E-state index in [1.165, 1.54) is 25.7 Å². The quantitative estimate of drug-likeness (QED) is 0.823. The molecule has 2 aliphatic rings. The highest BCUT2D eigenvalue weighted by Gasteiger charge is 2.38. The molecule has 0 saturated carbocycles. The van der Waals surface area contributed by atoms with Crippen molar-refractivity contribution in [2.45, 2.75) is 37.8 Å². The van der Waals surface area contributed by atoms with E-state index in [9.17, 15) is 4.79 Å². The number of hydrogen-bond acceptors (Lipinski definition) is 3. The number of piperidine rings is 1. The molecule has 114 valence electrons. The van der Waals surface area contributed by atoms with Crippen LogP contribution >= 0.6 is 15.9 Å². The summed E-state index contributed by atoms with van der Waals surface area (Å²) in [6, 6.07) is 6.75. The molecule has 1 amide bonds. The summed E-state index contributed by atoms with van der Waals surface area (Å²) in [5.74, 6) is 0.558. The van der Waals surface area contributed by atoms with E-state index < -0.39 is 0 Å². The highest BCUT2D eigenvalue weighted by molar-refractivity contribution is 9.10. The van der Waals surface area contributed by atoms with Crippen LogP contribution in [0.3, 0.4) is 0 Å². The minimum absolute atomic E-state index is 0.0412. The van der Waals surface area contributed by atoms with Crippen LogP contribution in [-0.2, 0) is 0 Å². The van der Waals surface area contributed by atoms with Crippen molar-refractivity contribution < 1.29 is 4.79 Å². The number of nitrogens with one attached hydrogen (secondary N) is 1. The summed E-state index contributed by atoms with van der Waals surface area (Å²) in [7, 11) is 2.24. The van der Waals surface area contributed by atoms with Gasteiger partial charge in [-0.1, -0.05) is 0 Å². The van der Waals surface area contributed by atoms with Crippen LogP contribution in [0.5, 0.6) is 0 Å². The first-order valence-corrected chi connectivity index (χ1v) is 8.39. The van der Waals surface area contributed by atoms with Crippen LogP contribution < -0.4 is 11.1 Å². The van der Waals surface area contributed by atoms with Crippen molar-refractivity contribution in [3.63, 3.8) is 0 Å². The first-order chi connectivity index (χ1) is 10.0. The van der Waals surface area contributed by atoms with Gasteiger partial charge >= 0.3 is 0 Å². The molecule has 3 rings (SSSR count). The minimum Gasteiger partial charge on any atom is -0.399 e. The molecule has 2 bridgehead atoms. The van der Waals surface area contributed by atoms with E-state index in [4.69, 9.17) is 5.73 Å². The monoisotopic (exact) mass is 351 g/mol. The van der Waals surface area contributed by atoms with Crippen LogP contribution in [0.25, 0.3) is 0 Å². The Morgan fingerprint density at radius 3 is 2.71 bits per heavy atom. The Morgan fingerprint density at radius 1 is 1.38 bits per heavy atom. The summed E-state index contributed by atoms with van der Waals surface area (Å²) in [6.07, 6.45) is 5.02. The summed E-state index contributed by atoms with van der Waals surface area (Å²) in [5, 5.41) is 3.08. The Balaban J connectivity index is 1.58. The van der Waals surface area contributed by atoms with Crippen LogP contribution in [0.4, 0.5) is 5.69 Å². The Bertz CT molecular complexity index is 534. The van der Waals surface area contributed by atoms with Gasteiger partial charge in [0.25, 0.3) is 5.91 Å². The number of benzene rings is 1. The number of hydrogen-bond donors (Lipinski definition) is 2. The van der Waals surface area contributed by atoms with Crippen molar-refractivity contribution >= 4 is 27.5 Å². The van der Waals surface area contributed by atoms with Gasteiger partial charge < -0.3 is 16.0 Å². The number of nitrogen functional groups attached to an aromatic ring is 1. The lowest BCUT2D eigenvalue weighted by Crippen LogP contribution is -2.43. The molecule has 2 aliphatic heterocycles. The Morgan fingerprint density at radius 2 is 2.05 bits per heavy atom. The standard InChI is InChI=1S/C16H22BrN3O/c1-20-12-3-4-13(20)7-10(6-12)9-19-16(21)14-8-11(18)2-5-15(14)17/h2,5,8,10,12-13H,3-4,6-7,9,18H2,1H3,(H,19,21). The van der Waals surface area contributed by atoms with E-state index in [0.717, 1.165) is 11.0 Å². The number of amides is 1. The third-order valence-corrected chi connectivity index (χ3v) is 5.67. The van der Waals surface area contributed by atoms with Crippen molar-refractivity contribution in [1.29, 1.82) is 0 Å². The lowest BCUT2D eigenvalue weighted by molar-refractivity contribution is 0.0917. The predicted octanol–water partition coefficient (Wildman–Crippen LogP) is 2.63. The van der Waals surface area contributed by atoms with Crippen molar-refractivity contribution in [3.8, 4) is 0 Å². The predicted molar refractivity (Wildman–Crippen MR) is 88.2 cm³/mol. The molecule has 1 aromatic carbocycles. The van der Waals surface area contributed by atoms with Crippen molar-refractivity contribution in [3.05, 3.63) is 28.2 Å². The fourth-order valence-electron chi connectivity index (χ4n) is 3.74. The van der Waals surface area contributed by atoms with E-state index in [0.29, 0.717) is 29.3 Å². The smallest absolute Gasteiger partial charge is 0.252 e. The highest BCUT2D eigenvalue weighted by Crippen LogP contribution is 2.37. The molecule has 2 fully saturated rings. The fraction of sp³-hybridized carbons (Fsp3) is 0.562. The Labute approximate surface area is 134 Å².